The van der Waals surface area contributed by atoms with Gasteiger partial charge in [-0.05, 0) is 42.5 Å². The minimum absolute atomic E-state index is 0.172. The van der Waals surface area contributed by atoms with Crippen molar-refractivity contribution in [3.05, 3.63) is 42.0 Å². The fraction of sp³-hybridized carbons (Fsp3) is 0.278. The highest BCUT2D eigenvalue weighted by molar-refractivity contribution is 8.00. The molecule has 1 aliphatic heterocycles. The van der Waals surface area contributed by atoms with Crippen LogP contribution in [0.1, 0.15) is 12.8 Å². The lowest BCUT2D eigenvalue weighted by Gasteiger charge is -2.16. The largest absolute Gasteiger partial charge is 0.325 e. The molecule has 2 aromatic heterocycles. The van der Waals surface area contributed by atoms with Gasteiger partial charge < -0.3 is 5.32 Å². The van der Waals surface area contributed by atoms with Crippen LogP contribution in [0, 0.1) is 0 Å². The number of aromatic nitrogens is 2. The van der Waals surface area contributed by atoms with Gasteiger partial charge in [0.2, 0.25) is 15.9 Å². The quantitative estimate of drug-likeness (QED) is 0.473. The number of nitrogens with zero attached hydrogens (tertiary/aromatic N) is 3. The Morgan fingerprint density at radius 1 is 1.21 bits per heavy atom. The molecule has 0 spiro atoms. The van der Waals surface area contributed by atoms with Crippen LogP contribution >= 0.6 is 23.1 Å². The van der Waals surface area contributed by atoms with Crippen LogP contribution in [0.4, 0.5) is 5.69 Å². The van der Waals surface area contributed by atoms with Crippen molar-refractivity contribution in [2.45, 2.75) is 22.8 Å². The van der Waals surface area contributed by atoms with Gasteiger partial charge in [0, 0.05) is 24.2 Å². The lowest BCUT2D eigenvalue weighted by molar-refractivity contribution is -0.113. The zero-order valence-corrected chi connectivity index (χ0v) is 17.3. The molecular weight excluding hydrogens is 416 g/mol. The number of anilines is 1. The van der Waals surface area contributed by atoms with Crippen molar-refractivity contribution in [2.75, 3.05) is 24.2 Å². The molecule has 1 aromatic carbocycles. The number of hydrogen-bond donors (Lipinski definition) is 1. The maximum atomic E-state index is 12.7. The standard InChI is InChI=1S/C18H18N4O3S3/c23-16(11-27-18-15-6-9-26-17(15)19-12-20-18)21-13-4-3-5-14(10-13)28(24,25)22-7-1-2-8-22/h3-6,9-10,12H,1-2,7-8,11H2,(H,21,23). The van der Waals surface area contributed by atoms with Gasteiger partial charge in [0.15, 0.2) is 0 Å². The molecule has 3 heterocycles. The van der Waals surface area contributed by atoms with Gasteiger partial charge >= 0.3 is 0 Å². The van der Waals surface area contributed by atoms with E-state index in [-0.39, 0.29) is 16.6 Å². The second-order valence-electron chi connectivity index (χ2n) is 6.29. The molecule has 4 rings (SSSR count). The van der Waals surface area contributed by atoms with Gasteiger partial charge in [0.1, 0.15) is 16.2 Å². The molecule has 10 heteroatoms. The molecule has 28 heavy (non-hydrogen) atoms. The average molecular weight is 435 g/mol. The van der Waals surface area contributed by atoms with Crippen LogP contribution in [0.5, 0.6) is 0 Å². The highest BCUT2D eigenvalue weighted by Crippen LogP contribution is 2.28. The SMILES string of the molecule is O=C(CSc1ncnc2sccc12)Nc1cccc(S(=O)(=O)N2CCCC2)c1. The van der Waals surface area contributed by atoms with Crippen LogP contribution < -0.4 is 5.32 Å². The summed E-state index contributed by atoms with van der Waals surface area (Å²) in [5.74, 6) is -0.0480. The second-order valence-corrected chi connectivity index (χ2v) is 10.1. The van der Waals surface area contributed by atoms with Crippen molar-refractivity contribution >= 4 is 54.9 Å². The van der Waals surface area contributed by atoms with E-state index in [2.05, 4.69) is 15.3 Å². The van der Waals surface area contributed by atoms with Crippen molar-refractivity contribution in [3.63, 3.8) is 0 Å². The Morgan fingerprint density at radius 3 is 2.86 bits per heavy atom. The summed E-state index contributed by atoms with van der Waals surface area (Å²) in [6.45, 7) is 1.09. The second kappa shape index (κ2) is 8.16. The number of thioether (sulfide) groups is 1. The summed E-state index contributed by atoms with van der Waals surface area (Å²) in [5.41, 5.74) is 0.467. The molecule has 0 unspecified atom stereocenters. The van der Waals surface area contributed by atoms with Gasteiger partial charge in [-0.3, -0.25) is 4.79 Å². The number of rotatable bonds is 6. The summed E-state index contributed by atoms with van der Waals surface area (Å²) in [5, 5.41) is 6.40. The van der Waals surface area contributed by atoms with E-state index in [0.29, 0.717) is 18.8 Å². The predicted molar refractivity (Wildman–Crippen MR) is 111 cm³/mol. The molecule has 1 N–H and O–H groups in total. The molecule has 7 nitrogen and oxygen atoms in total. The van der Waals surface area contributed by atoms with Crippen LogP contribution in [-0.4, -0.2) is 47.4 Å². The van der Waals surface area contributed by atoms with Crippen molar-refractivity contribution < 1.29 is 13.2 Å². The first-order valence-corrected chi connectivity index (χ1v) is 12.1. The Hall–Kier alpha value is -2.01. The summed E-state index contributed by atoms with van der Waals surface area (Å²) in [6, 6.07) is 8.34. The normalized spacial score (nSPS) is 15.1. The Balaban J connectivity index is 1.43. The predicted octanol–water partition coefficient (Wildman–Crippen LogP) is 3.21. The number of nitrogens with one attached hydrogen (secondary N) is 1. The third-order valence-electron chi connectivity index (χ3n) is 4.39. The van der Waals surface area contributed by atoms with Gasteiger partial charge in [-0.15, -0.1) is 11.3 Å². The van der Waals surface area contributed by atoms with E-state index >= 15 is 0 Å². The van der Waals surface area contributed by atoms with Gasteiger partial charge in [-0.1, -0.05) is 17.8 Å². The van der Waals surface area contributed by atoms with E-state index < -0.39 is 10.0 Å². The van der Waals surface area contributed by atoms with Gasteiger partial charge in [-0.2, -0.15) is 4.31 Å². The monoisotopic (exact) mass is 434 g/mol. The minimum Gasteiger partial charge on any atom is -0.325 e. The highest BCUT2D eigenvalue weighted by Gasteiger charge is 2.27. The smallest absolute Gasteiger partial charge is 0.243 e. The summed E-state index contributed by atoms with van der Waals surface area (Å²) in [4.78, 5) is 21.9. The molecule has 3 aromatic rings. The van der Waals surface area contributed by atoms with Crippen molar-refractivity contribution in [3.8, 4) is 0 Å². The van der Waals surface area contributed by atoms with Crippen LogP contribution in [0.25, 0.3) is 10.2 Å². The number of benzene rings is 1. The fourth-order valence-corrected chi connectivity index (χ4v) is 6.17. The molecule has 1 saturated heterocycles. The lowest BCUT2D eigenvalue weighted by atomic mass is 10.3. The van der Waals surface area contributed by atoms with Crippen LogP contribution in [0.15, 0.2) is 52.0 Å². The number of amides is 1. The maximum absolute atomic E-state index is 12.7. The van der Waals surface area contributed by atoms with E-state index in [9.17, 15) is 13.2 Å². The number of fused-ring (bicyclic) bond motifs is 1. The van der Waals surface area contributed by atoms with E-state index in [1.807, 2.05) is 11.4 Å². The number of carbonyl (C=O) groups is 1. The van der Waals surface area contributed by atoms with E-state index in [0.717, 1.165) is 28.1 Å². The van der Waals surface area contributed by atoms with Crippen LogP contribution in [0.3, 0.4) is 0 Å². The number of carbonyl (C=O) groups excluding carboxylic acids is 1. The first-order valence-electron chi connectivity index (χ1n) is 8.75. The average Bonchev–Trinajstić information content (AvgIpc) is 3.38. The topological polar surface area (TPSA) is 92.3 Å². The van der Waals surface area contributed by atoms with Crippen molar-refractivity contribution in [2.24, 2.45) is 0 Å². The molecule has 0 atom stereocenters. The highest BCUT2D eigenvalue weighted by atomic mass is 32.2. The molecule has 1 aliphatic rings. The van der Waals surface area contributed by atoms with Crippen LogP contribution in [-0.2, 0) is 14.8 Å². The lowest BCUT2D eigenvalue weighted by Crippen LogP contribution is -2.28. The number of sulfonamides is 1. The van der Waals surface area contributed by atoms with E-state index in [4.69, 9.17) is 0 Å². The van der Waals surface area contributed by atoms with E-state index in [1.165, 1.54) is 39.8 Å². The zero-order chi connectivity index (χ0) is 19.6. The molecular formula is C18H18N4O3S3. The van der Waals surface area contributed by atoms with Gasteiger partial charge in [0.05, 0.1) is 10.6 Å². The number of thiophene rings is 1. The molecule has 0 aliphatic carbocycles. The minimum atomic E-state index is -3.51. The van der Waals surface area contributed by atoms with Gasteiger partial charge in [0.25, 0.3) is 0 Å². The Kier molecular flexibility index (Phi) is 5.63. The number of hydrogen-bond acceptors (Lipinski definition) is 7. The Bertz CT molecular complexity index is 1110. The van der Waals surface area contributed by atoms with Crippen molar-refractivity contribution in [1.29, 1.82) is 0 Å². The first-order chi connectivity index (χ1) is 13.5. The third kappa shape index (κ3) is 4.04. The van der Waals surface area contributed by atoms with Crippen LogP contribution in [0.2, 0.25) is 0 Å². The first kappa shape index (κ1) is 19.3. The third-order valence-corrected chi connectivity index (χ3v) is 8.11. The Labute approximate surface area is 171 Å². The zero-order valence-electron chi connectivity index (χ0n) is 14.9. The van der Waals surface area contributed by atoms with Crippen molar-refractivity contribution in [1.82, 2.24) is 14.3 Å². The molecule has 0 saturated carbocycles. The molecule has 146 valence electrons. The molecule has 0 radical (unpaired) electrons. The summed E-state index contributed by atoms with van der Waals surface area (Å²) < 4.78 is 26.8. The summed E-state index contributed by atoms with van der Waals surface area (Å²) in [6.07, 6.45) is 3.26. The summed E-state index contributed by atoms with van der Waals surface area (Å²) in [7, 11) is -3.51. The maximum Gasteiger partial charge on any atom is 0.243 e. The molecule has 1 fully saturated rings. The Morgan fingerprint density at radius 2 is 2.04 bits per heavy atom. The van der Waals surface area contributed by atoms with Gasteiger partial charge in [-0.25, -0.2) is 18.4 Å². The fourth-order valence-electron chi connectivity index (χ4n) is 3.03. The molecule has 1 amide bonds. The molecule has 0 bridgehead atoms. The van der Waals surface area contributed by atoms with E-state index in [1.54, 1.807) is 18.2 Å². The summed E-state index contributed by atoms with van der Waals surface area (Å²) >= 11 is 2.86.